The molecule has 0 aliphatic carbocycles. The van der Waals surface area contributed by atoms with Gasteiger partial charge in [-0.1, -0.05) is 19.3 Å². The van der Waals surface area contributed by atoms with E-state index in [9.17, 15) is 4.79 Å². The number of rotatable bonds is 2. The van der Waals surface area contributed by atoms with Crippen molar-refractivity contribution in [2.75, 3.05) is 12.4 Å². The van der Waals surface area contributed by atoms with E-state index < -0.39 is 0 Å². The Bertz CT molecular complexity index is 141. The van der Waals surface area contributed by atoms with Gasteiger partial charge >= 0.3 is 0 Å². The molecule has 0 bridgehead atoms. The van der Waals surface area contributed by atoms with E-state index in [2.05, 4.69) is 5.32 Å². The van der Waals surface area contributed by atoms with E-state index in [1.807, 2.05) is 0 Å². The van der Waals surface area contributed by atoms with Crippen molar-refractivity contribution in [1.29, 1.82) is 0 Å². The van der Waals surface area contributed by atoms with Crippen molar-refractivity contribution in [1.82, 2.24) is 5.32 Å². The molecule has 0 spiro atoms. The standard InChI is InChI=1S/C9H16ClNO/c10-7-9(12)8-5-3-1-2-4-6-11-8/h8,11H,1-7H2. The maximum atomic E-state index is 11.2. The summed E-state index contributed by atoms with van der Waals surface area (Å²) in [5, 5.41) is 3.24. The summed E-state index contributed by atoms with van der Waals surface area (Å²) in [7, 11) is 0. The molecule has 0 amide bonds. The molecular weight excluding hydrogens is 174 g/mol. The van der Waals surface area contributed by atoms with Gasteiger partial charge in [-0.25, -0.2) is 0 Å². The van der Waals surface area contributed by atoms with E-state index in [0.717, 1.165) is 19.4 Å². The molecule has 3 heteroatoms. The number of carbonyl (C=O) groups excluding carboxylic acids is 1. The zero-order valence-corrected chi connectivity index (χ0v) is 8.07. The number of nitrogens with one attached hydrogen (secondary N) is 1. The van der Waals surface area contributed by atoms with Crippen molar-refractivity contribution in [3.63, 3.8) is 0 Å². The molecule has 0 aromatic heterocycles. The Morgan fingerprint density at radius 1 is 1.33 bits per heavy atom. The second-order valence-electron chi connectivity index (χ2n) is 3.31. The van der Waals surface area contributed by atoms with Crippen molar-refractivity contribution in [3.05, 3.63) is 0 Å². The molecule has 2 nitrogen and oxygen atoms in total. The number of ketones is 1. The Kier molecular flexibility index (Phi) is 4.62. The van der Waals surface area contributed by atoms with Gasteiger partial charge < -0.3 is 5.32 Å². The molecule has 1 unspecified atom stereocenters. The van der Waals surface area contributed by atoms with Gasteiger partial charge in [-0.2, -0.15) is 0 Å². The van der Waals surface area contributed by atoms with Crippen LogP contribution in [0, 0.1) is 0 Å². The Labute approximate surface area is 78.7 Å². The molecule has 1 rings (SSSR count). The van der Waals surface area contributed by atoms with Crippen LogP contribution in [0.3, 0.4) is 0 Å². The van der Waals surface area contributed by atoms with Crippen molar-refractivity contribution in [2.24, 2.45) is 0 Å². The van der Waals surface area contributed by atoms with Crippen LogP contribution >= 0.6 is 11.6 Å². The van der Waals surface area contributed by atoms with Crippen molar-refractivity contribution < 1.29 is 4.79 Å². The first kappa shape index (κ1) is 10.0. The Hall–Kier alpha value is -0.0800. The maximum absolute atomic E-state index is 11.2. The summed E-state index contributed by atoms with van der Waals surface area (Å²) < 4.78 is 0. The second kappa shape index (κ2) is 5.55. The molecule has 1 aliphatic heterocycles. The topological polar surface area (TPSA) is 29.1 Å². The fourth-order valence-corrected chi connectivity index (χ4v) is 1.76. The third-order valence-electron chi connectivity index (χ3n) is 2.33. The monoisotopic (exact) mass is 189 g/mol. The number of carbonyl (C=O) groups is 1. The summed E-state index contributed by atoms with van der Waals surface area (Å²) in [4.78, 5) is 11.2. The summed E-state index contributed by atoms with van der Waals surface area (Å²) >= 11 is 5.49. The van der Waals surface area contributed by atoms with Gasteiger partial charge in [-0.05, 0) is 19.4 Å². The summed E-state index contributed by atoms with van der Waals surface area (Å²) in [6.45, 7) is 0.966. The average Bonchev–Trinajstić information content (AvgIpc) is 2.02. The normalized spacial score (nSPS) is 25.9. The smallest absolute Gasteiger partial charge is 0.164 e. The van der Waals surface area contributed by atoms with Crippen molar-refractivity contribution in [3.8, 4) is 0 Å². The SMILES string of the molecule is O=C(CCl)C1CCCCCCN1. The molecule has 0 aromatic carbocycles. The van der Waals surface area contributed by atoms with E-state index in [0.29, 0.717) is 0 Å². The van der Waals surface area contributed by atoms with E-state index in [-0.39, 0.29) is 17.7 Å². The lowest BCUT2D eigenvalue weighted by Crippen LogP contribution is -2.38. The first-order valence-electron chi connectivity index (χ1n) is 4.66. The summed E-state index contributed by atoms with van der Waals surface area (Å²) in [5.74, 6) is 0.302. The van der Waals surface area contributed by atoms with Crippen LogP contribution in [0.1, 0.15) is 32.1 Å². The first-order valence-corrected chi connectivity index (χ1v) is 5.20. The Morgan fingerprint density at radius 3 is 2.83 bits per heavy atom. The van der Waals surface area contributed by atoms with Crippen LogP contribution in [0.15, 0.2) is 0 Å². The minimum absolute atomic E-state index is 0.0304. The average molecular weight is 190 g/mol. The molecule has 1 saturated heterocycles. The predicted octanol–water partition coefficient (Wildman–Crippen LogP) is 1.72. The van der Waals surface area contributed by atoms with Gasteiger partial charge in [0.1, 0.15) is 0 Å². The second-order valence-corrected chi connectivity index (χ2v) is 3.58. The van der Waals surface area contributed by atoms with Crippen LogP contribution in [0.4, 0.5) is 0 Å². The maximum Gasteiger partial charge on any atom is 0.164 e. The van der Waals surface area contributed by atoms with Gasteiger partial charge in [-0.15, -0.1) is 11.6 Å². The number of hydrogen-bond donors (Lipinski definition) is 1. The van der Waals surface area contributed by atoms with Gasteiger partial charge in [0.15, 0.2) is 5.78 Å². The van der Waals surface area contributed by atoms with E-state index >= 15 is 0 Å². The molecule has 0 aromatic rings. The molecule has 70 valence electrons. The predicted molar refractivity (Wildman–Crippen MR) is 50.6 cm³/mol. The minimum Gasteiger partial charge on any atom is -0.307 e. The number of hydrogen-bond acceptors (Lipinski definition) is 2. The third kappa shape index (κ3) is 3.11. The molecule has 1 aliphatic rings. The van der Waals surface area contributed by atoms with Crippen molar-refractivity contribution >= 4 is 17.4 Å². The van der Waals surface area contributed by atoms with Crippen LogP contribution in [0.25, 0.3) is 0 Å². The number of halogens is 1. The molecular formula is C9H16ClNO. The lowest BCUT2D eigenvalue weighted by molar-refractivity contribution is -0.118. The van der Waals surface area contributed by atoms with Crippen molar-refractivity contribution in [2.45, 2.75) is 38.1 Å². The zero-order valence-electron chi connectivity index (χ0n) is 7.31. The molecule has 0 radical (unpaired) electrons. The largest absolute Gasteiger partial charge is 0.307 e. The highest BCUT2D eigenvalue weighted by Gasteiger charge is 2.16. The molecule has 1 atom stereocenters. The third-order valence-corrected chi connectivity index (χ3v) is 2.59. The molecule has 1 N–H and O–H groups in total. The van der Waals surface area contributed by atoms with Crippen LogP contribution < -0.4 is 5.32 Å². The fourth-order valence-electron chi connectivity index (χ4n) is 1.57. The summed E-state index contributed by atoms with van der Waals surface area (Å²) in [6.07, 6.45) is 5.85. The van der Waals surface area contributed by atoms with E-state index in [1.54, 1.807) is 0 Å². The zero-order chi connectivity index (χ0) is 8.81. The quantitative estimate of drug-likeness (QED) is 0.671. The van der Waals surface area contributed by atoms with E-state index in [4.69, 9.17) is 11.6 Å². The van der Waals surface area contributed by atoms with Gasteiger partial charge in [-0.3, -0.25) is 4.79 Å². The highest BCUT2D eigenvalue weighted by atomic mass is 35.5. The fraction of sp³-hybridized carbons (Fsp3) is 0.889. The van der Waals surface area contributed by atoms with E-state index in [1.165, 1.54) is 19.3 Å². The minimum atomic E-state index is 0.0304. The Balaban J connectivity index is 2.34. The van der Waals surface area contributed by atoms with Gasteiger partial charge in [0, 0.05) is 0 Å². The molecule has 12 heavy (non-hydrogen) atoms. The number of alkyl halides is 1. The lowest BCUT2D eigenvalue weighted by Gasteiger charge is -2.18. The molecule has 1 heterocycles. The highest BCUT2D eigenvalue weighted by molar-refractivity contribution is 6.28. The molecule has 1 fully saturated rings. The lowest BCUT2D eigenvalue weighted by atomic mass is 10.0. The van der Waals surface area contributed by atoms with Gasteiger partial charge in [0.2, 0.25) is 0 Å². The highest BCUT2D eigenvalue weighted by Crippen LogP contribution is 2.10. The number of Topliss-reactive ketones (excluding diaryl/α,β-unsaturated/α-hetero) is 1. The Morgan fingerprint density at radius 2 is 2.08 bits per heavy atom. The first-order chi connectivity index (χ1) is 5.84. The summed E-state index contributed by atoms with van der Waals surface area (Å²) in [5.41, 5.74) is 0. The van der Waals surface area contributed by atoms with Crippen LogP contribution in [0.5, 0.6) is 0 Å². The van der Waals surface area contributed by atoms with Crippen LogP contribution in [-0.2, 0) is 4.79 Å². The summed E-state index contributed by atoms with van der Waals surface area (Å²) in [6, 6.07) is 0.0304. The van der Waals surface area contributed by atoms with Gasteiger partial charge in [0.05, 0.1) is 11.9 Å². The van der Waals surface area contributed by atoms with Crippen LogP contribution in [-0.4, -0.2) is 24.2 Å². The van der Waals surface area contributed by atoms with Gasteiger partial charge in [0.25, 0.3) is 0 Å². The molecule has 0 saturated carbocycles. The van der Waals surface area contributed by atoms with Crippen LogP contribution in [0.2, 0.25) is 0 Å².